The molecule has 5 rings (SSSR count). The molecule has 7 nitrogen and oxygen atoms in total. The minimum Gasteiger partial charge on any atom is -0.371 e. The fourth-order valence-electron chi connectivity index (χ4n) is 5.55. The number of carbonyl (C=O) groups is 2. The highest BCUT2D eigenvalue weighted by Crippen LogP contribution is 2.37. The number of rotatable bonds is 7. The van der Waals surface area contributed by atoms with Gasteiger partial charge in [0.05, 0.1) is 11.2 Å². The third-order valence-corrected chi connectivity index (χ3v) is 8.26. The molecule has 2 aliphatic rings. The third-order valence-electron chi connectivity index (χ3n) is 7.72. The fourth-order valence-corrected chi connectivity index (χ4v) is 6.05. The summed E-state index contributed by atoms with van der Waals surface area (Å²) in [6.45, 7) is 0. The Labute approximate surface area is 246 Å². The summed E-state index contributed by atoms with van der Waals surface area (Å²) >= 11 is 11.5. The van der Waals surface area contributed by atoms with Gasteiger partial charge in [-0.05, 0) is 80.7 Å². The molecule has 41 heavy (non-hydrogen) atoms. The summed E-state index contributed by atoms with van der Waals surface area (Å²) in [5, 5.41) is 7.37. The van der Waals surface area contributed by atoms with Crippen molar-refractivity contribution in [3.63, 3.8) is 0 Å². The van der Waals surface area contributed by atoms with Gasteiger partial charge in [-0.1, -0.05) is 29.8 Å². The quantitative estimate of drug-likeness (QED) is 0.331. The van der Waals surface area contributed by atoms with Crippen molar-refractivity contribution in [3.05, 3.63) is 65.3 Å². The van der Waals surface area contributed by atoms with E-state index < -0.39 is 17.9 Å². The predicted octanol–water partition coefficient (Wildman–Crippen LogP) is 5.84. The van der Waals surface area contributed by atoms with Crippen molar-refractivity contribution in [3.8, 4) is 0 Å². The summed E-state index contributed by atoms with van der Waals surface area (Å²) < 4.78 is 40.7. The Balaban J connectivity index is 1.16. The van der Waals surface area contributed by atoms with Gasteiger partial charge in [-0.25, -0.2) is 4.98 Å². The van der Waals surface area contributed by atoms with Crippen LogP contribution in [0.4, 0.5) is 24.5 Å². The second-order valence-electron chi connectivity index (χ2n) is 10.4. The number of carbonyl (C=O) groups excluding carboxylic acids is 2. The summed E-state index contributed by atoms with van der Waals surface area (Å²) in [6, 6.07) is 14.2. The molecule has 2 amide bonds. The predicted molar refractivity (Wildman–Crippen MR) is 157 cm³/mol. The Bertz CT molecular complexity index is 1460. The minimum absolute atomic E-state index is 0.0147. The number of amides is 2. The van der Waals surface area contributed by atoms with Crippen molar-refractivity contribution >= 4 is 63.0 Å². The first kappa shape index (κ1) is 29.1. The number of hydrogen-bond donors (Lipinski definition) is 2. The zero-order valence-electron chi connectivity index (χ0n) is 22.2. The number of nitrogens with one attached hydrogen (secondary N) is 2. The molecule has 1 saturated carbocycles. The van der Waals surface area contributed by atoms with Crippen LogP contribution in [0.1, 0.15) is 44.2 Å². The van der Waals surface area contributed by atoms with Gasteiger partial charge in [0.15, 0.2) is 5.11 Å². The Morgan fingerprint density at radius 2 is 1.85 bits per heavy atom. The molecule has 1 aromatic heterocycles. The molecule has 12 heteroatoms. The van der Waals surface area contributed by atoms with Crippen LogP contribution in [-0.4, -0.2) is 47.1 Å². The molecule has 0 bridgehead atoms. The van der Waals surface area contributed by atoms with Gasteiger partial charge in [0.2, 0.25) is 5.91 Å². The molecule has 216 valence electrons. The van der Waals surface area contributed by atoms with E-state index in [0.29, 0.717) is 59.0 Å². The van der Waals surface area contributed by atoms with Crippen LogP contribution in [-0.2, 0) is 15.8 Å². The van der Waals surface area contributed by atoms with Crippen molar-refractivity contribution in [2.75, 3.05) is 16.8 Å². The Morgan fingerprint density at radius 3 is 2.54 bits per heavy atom. The molecule has 3 aromatic rings. The van der Waals surface area contributed by atoms with Crippen molar-refractivity contribution < 1.29 is 22.8 Å². The summed E-state index contributed by atoms with van der Waals surface area (Å²) in [7, 11) is 1.79. The second kappa shape index (κ2) is 11.8. The number of hydrogen-bond acceptors (Lipinski definition) is 5. The van der Waals surface area contributed by atoms with E-state index in [1.807, 2.05) is 23.1 Å². The maximum atomic E-state index is 13.6. The van der Waals surface area contributed by atoms with Gasteiger partial charge in [-0.15, -0.1) is 0 Å². The van der Waals surface area contributed by atoms with Gasteiger partial charge in [-0.2, -0.15) is 13.2 Å². The number of para-hydroxylation sites is 1. The van der Waals surface area contributed by atoms with Crippen LogP contribution >= 0.6 is 23.8 Å². The van der Waals surface area contributed by atoms with Gasteiger partial charge < -0.3 is 15.5 Å². The van der Waals surface area contributed by atoms with E-state index >= 15 is 0 Å². The molecule has 1 unspecified atom stereocenters. The second-order valence-corrected chi connectivity index (χ2v) is 11.2. The number of pyridine rings is 1. The van der Waals surface area contributed by atoms with Gasteiger partial charge in [0.25, 0.3) is 5.91 Å². The lowest BCUT2D eigenvalue weighted by Gasteiger charge is -2.37. The maximum absolute atomic E-state index is 13.6. The Kier molecular flexibility index (Phi) is 8.37. The van der Waals surface area contributed by atoms with Crippen molar-refractivity contribution in [2.45, 2.75) is 62.8 Å². The Morgan fingerprint density at radius 1 is 1.15 bits per heavy atom. The number of nitrogens with zero attached hydrogens (tertiary/aromatic N) is 3. The molecule has 0 radical (unpaired) electrons. The van der Waals surface area contributed by atoms with Crippen LogP contribution in [0.3, 0.4) is 0 Å². The highest BCUT2D eigenvalue weighted by molar-refractivity contribution is 7.80. The average Bonchev–Trinajstić information content (AvgIpc) is 3.23. The standard InChI is InChI=1S/C29H29ClF3N5O2S/c1-37(24-16-25(29(31,32)33)35-22-12-7-17(30)15-21(22)24)19-10-8-18(9-11-19)34-26(39)14-13-23-27(40)38(28(41)36-23)20-5-3-2-4-6-20/h2-7,12,15-16,18-19,23H,8-11,13-14H2,1H3,(H,34,39)(H,36,41). The molecule has 1 aliphatic heterocycles. The normalized spacial score (nSPS) is 21.2. The van der Waals surface area contributed by atoms with Crippen LogP contribution in [0, 0.1) is 0 Å². The van der Waals surface area contributed by atoms with E-state index in [2.05, 4.69) is 15.6 Å². The first-order chi connectivity index (χ1) is 19.5. The molecule has 2 N–H and O–H groups in total. The largest absolute Gasteiger partial charge is 0.433 e. The average molecular weight is 604 g/mol. The SMILES string of the molecule is CN(c1cc(C(F)(F)F)nc2ccc(Cl)cc12)C1CCC(NC(=O)CCC2NC(=S)N(c3ccccc3)C2=O)CC1. The number of anilines is 2. The van der Waals surface area contributed by atoms with E-state index in [0.717, 1.165) is 6.07 Å². The zero-order chi connectivity index (χ0) is 29.3. The summed E-state index contributed by atoms with van der Waals surface area (Å²) in [4.78, 5) is 32.7. The fraction of sp³-hybridized carbons (Fsp3) is 0.379. The molecule has 2 fully saturated rings. The van der Waals surface area contributed by atoms with Crippen LogP contribution < -0.4 is 20.4 Å². The molecule has 0 spiro atoms. The topological polar surface area (TPSA) is 77.6 Å². The number of aromatic nitrogens is 1. The number of thiocarbonyl (C=S) groups is 1. The first-order valence-corrected chi connectivity index (χ1v) is 14.2. The molecular formula is C29H29ClF3N5O2S. The van der Waals surface area contributed by atoms with Crippen LogP contribution in [0.15, 0.2) is 54.6 Å². The molecule has 2 heterocycles. The van der Waals surface area contributed by atoms with Crippen LogP contribution in [0.5, 0.6) is 0 Å². The third kappa shape index (κ3) is 6.41. The lowest BCUT2D eigenvalue weighted by Crippen LogP contribution is -2.43. The van der Waals surface area contributed by atoms with Gasteiger partial charge in [0.1, 0.15) is 11.7 Å². The summed E-state index contributed by atoms with van der Waals surface area (Å²) in [5.41, 5.74) is 0.391. The molecule has 1 aliphatic carbocycles. The monoisotopic (exact) mass is 603 g/mol. The van der Waals surface area contributed by atoms with Crippen molar-refractivity contribution in [1.82, 2.24) is 15.6 Å². The van der Waals surface area contributed by atoms with Crippen molar-refractivity contribution in [1.29, 1.82) is 0 Å². The number of alkyl halides is 3. The van der Waals surface area contributed by atoms with E-state index in [-0.39, 0.29) is 35.8 Å². The first-order valence-electron chi connectivity index (χ1n) is 13.4. The highest BCUT2D eigenvalue weighted by Gasteiger charge is 2.37. The highest BCUT2D eigenvalue weighted by atomic mass is 35.5. The number of benzene rings is 2. The van der Waals surface area contributed by atoms with Gasteiger partial charge >= 0.3 is 6.18 Å². The Hall–Kier alpha value is -3.44. The van der Waals surface area contributed by atoms with Crippen LogP contribution in [0.2, 0.25) is 5.02 Å². The smallest absolute Gasteiger partial charge is 0.371 e. The van der Waals surface area contributed by atoms with E-state index in [9.17, 15) is 22.8 Å². The maximum Gasteiger partial charge on any atom is 0.433 e. The van der Waals surface area contributed by atoms with E-state index in [1.54, 1.807) is 25.2 Å². The van der Waals surface area contributed by atoms with E-state index in [4.69, 9.17) is 23.8 Å². The van der Waals surface area contributed by atoms with Gasteiger partial charge in [0, 0.05) is 41.6 Å². The molecular weight excluding hydrogens is 575 g/mol. The lowest BCUT2D eigenvalue weighted by molar-refractivity contribution is -0.141. The van der Waals surface area contributed by atoms with Crippen LogP contribution in [0.25, 0.3) is 10.9 Å². The number of halogens is 4. The van der Waals surface area contributed by atoms with E-state index in [1.165, 1.54) is 17.0 Å². The molecule has 1 atom stereocenters. The minimum atomic E-state index is -4.57. The van der Waals surface area contributed by atoms with Gasteiger partial charge in [-0.3, -0.25) is 14.5 Å². The van der Waals surface area contributed by atoms with Crippen molar-refractivity contribution in [2.24, 2.45) is 0 Å². The molecule has 2 aromatic carbocycles. The summed E-state index contributed by atoms with van der Waals surface area (Å²) in [5.74, 6) is -0.332. The molecule has 1 saturated heterocycles. The lowest BCUT2D eigenvalue weighted by atomic mass is 9.89. The zero-order valence-corrected chi connectivity index (χ0v) is 23.8. The summed E-state index contributed by atoms with van der Waals surface area (Å²) in [6.07, 6.45) is -1.35. The number of fused-ring (bicyclic) bond motifs is 1.